The molecule has 2 atom stereocenters. The van der Waals surface area contributed by atoms with Crippen LogP contribution in [0.1, 0.15) is 126 Å². The van der Waals surface area contributed by atoms with Gasteiger partial charge in [0.1, 0.15) is 17.0 Å². The molecular formula is C47H54N4O7S. The van der Waals surface area contributed by atoms with Gasteiger partial charge in [-0.1, -0.05) is 25.5 Å². The highest BCUT2D eigenvalue weighted by Gasteiger charge is 2.57. The molecule has 4 saturated carbocycles. The van der Waals surface area contributed by atoms with Crippen LogP contribution in [0.5, 0.6) is 5.75 Å². The topological polar surface area (TPSA) is 145 Å². The summed E-state index contributed by atoms with van der Waals surface area (Å²) in [7, 11) is 1.28. The zero-order valence-corrected chi connectivity index (χ0v) is 35.9. The van der Waals surface area contributed by atoms with E-state index in [4.69, 9.17) is 14.2 Å². The summed E-state index contributed by atoms with van der Waals surface area (Å²) in [5.74, 6) is 0.388. The number of nitrogens with zero attached hydrogens (tertiary/aromatic N) is 1. The average Bonchev–Trinajstić information content (AvgIpc) is 3.57. The van der Waals surface area contributed by atoms with Crippen molar-refractivity contribution in [1.29, 1.82) is 0 Å². The third-order valence-electron chi connectivity index (χ3n) is 12.8. The van der Waals surface area contributed by atoms with Gasteiger partial charge < -0.3 is 30.2 Å². The van der Waals surface area contributed by atoms with Crippen molar-refractivity contribution in [3.05, 3.63) is 87.0 Å². The number of carbonyl (C=O) groups excluding carboxylic acids is 4. The first kappa shape index (κ1) is 40.5. The van der Waals surface area contributed by atoms with Crippen molar-refractivity contribution >= 4 is 40.9 Å². The van der Waals surface area contributed by atoms with E-state index in [1.165, 1.54) is 26.4 Å². The SMILES string of the molecule is CCC12CC3CC(C1)CC(NC(=O)c1ccc(-c4cc5c(cc4C(=O)Nc4c(C)cc(CNC(=O)OC(C)(C)C)cc4C)-c4sccc4CCO5)c(C(=O)OC)n1)(C3)C2. The number of fused-ring (bicyclic) bond motifs is 3. The Labute approximate surface area is 350 Å². The van der Waals surface area contributed by atoms with Crippen molar-refractivity contribution in [2.75, 3.05) is 19.0 Å². The molecule has 1 aliphatic heterocycles. The number of aryl methyl sites for hydroxylation is 2. The fourth-order valence-electron chi connectivity index (χ4n) is 10.7. The maximum Gasteiger partial charge on any atom is 0.407 e. The molecule has 4 fully saturated rings. The molecule has 0 spiro atoms. The van der Waals surface area contributed by atoms with E-state index in [1.54, 1.807) is 29.5 Å². The molecule has 2 aromatic carbocycles. The second-order valence-electron chi connectivity index (χ2n) is 18.3. The van der Waals surface area contributed by atoms with Crippen LogP contribution in [0.15, 0.2) is 47.8 Å². The van der Waals surface area contributed by atoms with Crippen LogP contribution in [-0.4, -0.2) is 53.7 Å². The summed E-state index contributed by atoms with van der Waals surface area (Å²) in [6.07, 6.45) is 7.95. The summed E-state index contributed by atoms with van der Waals surface area (Å²) in [4.78, 5) is 60.5. The lowest BCUT2D eigenvalue weighted by Crippen LogP contribution is -2.63. The van der Waals surface area contributed by atoms with Gasteiger partial charge in [-0.2, -0.15) is 0 Å². The van der Waals surface area contributed by atoms with Crippen LogP contribution >= 0.6 is 11.3 Å². The number of anilines is 1. The van der Waals surface area contributed by atoms with Gasteiger partial charge in [0.05, 0.1) is 13.7 Å². The Kier molecular flexibility index (Phi) is 10.6. The molecule has 3 heterocycles. The van der Waals surface area contributed by atoms with Gasteiger partial charge in [0.25, 0.3) is 11.8 Å². The van der Waals surface area contributed by atoms with E-state index in [0.717, 1.165) is 58.4 Å². The van der Waals surface area contributed by atoms with Crippen molar-refractivity contribution in [1.82, 2.24) is 15.6 Å². The number of nitrogens with one attached hydrogen (secondary N) is 3. The molecule has 9 rings (SSSR count). The number of pyridine rings is 1. The molecule has 3 amide bonds. The quantitative estimate of drug-likeness (QED) is 0.142. The minimum Gasteiger partial charge on any atom is -0.493 e. The largest absolute Gasteiger partial charge is 0.493 e. The minimum atomic E-state index is -0.723. The van der Waals surface area contributed by atoms with Gasteiger partial charge in [0, 0.05) is 51.3 Å². The molecule has 2 unspecified atom stereocenters. The Morgan fingerprint density at radius 3 is 2.34 bits per heavy atom. The molecule has 0 saturated heterocycles. The van der Waals surface area contributed by atoms with E-state index >= 15 is 0 Å². The van der Waals surface area contributed by atoms with Gasteiger partial charge >= 0.3 is 12.1 Å². The van der Waals surface area contributed by atoms with Crippen LogP contribution < -0.4 is 20.7 Å². The second-order valence-corrected chi connectivity index (χ2v) is 19.2. The number of aromatic nitrogens is 1. The number of hydrogen-bond donors (Lipinski definition) is 3. The number of ether oxygens (including phenoxy) is 3. The highest BCUT2D eigenvalue weighted by Crippen LogP contribution is 2.62. The van der Waals surface area contributed by atoms with E-state index in [1.807, 2.05) is 58.2 Å². The lowest BCUT2D eigenvalue weighted by molar-refractivity contribution is -0.0795. The number of alkyl carbamates (subject to hydrolysis) is 1. The molecule has 2 aromatic heterocycles. The van der Waals surface area contributed by atoms with E-state index in [2.05, 4.69) is 33.9 Å². The molecule has 4 bridgehead atoms. The summed E-state index contributed by atoms with van der Waals surface area (Å²) in [6.45, 7) is 12.2. The van der Waals surface area contributed by atoms with Crippen LogP contribution in [0.25, 0.3) is 21.6 Å². The number of hydrogen-bond acceptors (Lipinski definition) is 9. The number of rotatable bonds is 9. The molecule has 0 radical (unpaired) electrons. The summed E-state index contributed by atoms with van der Waals surface area (Å²) < 4.78 is 17.0. The summed E-state index contributed by atoms with van der Waals surface area (Å²) in [5.41, 5.74) is 5.49. The zero-order chi connectivity index (χ0) is 41.9. The van der Waals surface area contributed by atoms with Crippen LogP contribution in [0.4, 0.5) is 10.5 Å². The molecule has 59 heavy (non-hydrogen) atoms. The summed E-state index contributed by atoms with van der Waals surface area (Å²) in [5, 5.41) is 11.4. The van der Waals surface area contributed by atoms with Gasteiger partial charge in [-0.25, -0.2) is 14.6 Å². The highest BCUT2D eigenvalue weighted by atomic mass is 32.1. The summed E-state index contributed by atoms with van der Waals surface area (Å²) in [6, 6.07) is 12.9. The normalized spacial score (nSPS) is 22.6. The van der Waals surface area contributed by atoms with E-state index in [-0.39, 0.29) is 34.8 Å². The number of amides is 3. The Hall–Kier alpha value is -5.23. The fourth-order valence-corrected chi connectivity index (χ4v) is 11.7. The van der Waals surface area contributed by atoms with E-state index in [9.17, 15) is 19.2 Å². The Balaban J connectivity index is 1.14. The van der Waals surface area contributed by atoms with Gasteiger partial charge in [-0.15, -0.1) is 11.3 Å². The van der Waals surface area contributed by atoms with Crippen molar-refractivity contribution in [3.63, 3.8) is 0 Å². The predicted octanol–water partition coefficient (Wildman–Crippen LogP) is 9.57. The van der Waals surface area contributed by atoms with Crippen molar-refractivity contribution in [3.8, 4) is 27.3 Å². The molecule has 5 aliphatic rings. The van der Waals surface area contributed by atoms with E-state index < -0.39 is 23.6 Å². The zero-order valence-electron chi connectivity index (χ0n) is 35.1. The molecule has 11 nitrogen and oxygen atoms in total. The molecule has 310 valence electrons. The van der Waals surface area contributed by atoms with Gasteiger partial charge in [-0.05, 0) is 148 Å². The molecular weight excluding hydrogens is 765 g/mol. The highest BCUT2D eigenvalue weighted by molar-refractivity contribution is 7.13. The molecule has 12 heteroatoms. The maximum absolute atomic E-state index is 14.7. The number of methoxy groups -OCH3 is 1. The Bertz CT molecular complexity index is 2320. The number of benzene rings is 2. The summed E-state index contributed by atoms with van der Waals surface area (Å²) >= 11 is 1.58. The maximum atomic E-state index is 14.7. The predicted molar refractivity (Wildman–Crippen MR) is 228 cm³/mol. The van der Waals surface area contributed by atoms with E-state index in [0.29, 0.717) is 53.0 Å². The Morgan fingerprint density at radius 1 is 0.932 bits per heavy atom. The Morgan fingerprint density at radius 2 is 1.66 bits per heavy atom. The number of thiophene rings is 1. The average molecular weight is 819 g/mol. The first-order chi connectivity index (χ1) is 28.1. The minimum absolute atomic E-state index is 0.0654. The lowest BCUT2D eigenvalue weighted by atomic mass is 9.46. The van der Waals surface area contributed by atoms with Crippen LogP contribution in [-0.2, 0) is 22.4 Å². The van der Waals surface area contributed by atoms with Gasteiger partial charge in [0.15, 0.2) is 5.69 Å². The van der Waals surface area contributed by atoms with Crippen molar-refractivity contribution < 1.29 is 33.4 Å². The van der Waals surface area contributed by atoms with Gasteiger partial charge in [-0.3, -0.25) is 9.59 Å². The lowest BCUT2D eigenvalue weighted by Gasteiger charge is -2.62. The van der Waals surface area contributed by atoms with Crippen molar-refractivity contribution in [2.24, 2.45) is 17.3 Å². The first-order valence-corrected chi connectivity index (χ1v) is 21.6. The van der Waals surface area contributed by atoms with Crippen LogP contribution in [0.2, 0.25) is 0 Å². The smallest absolute Gasteiger partial charge is 0.407 e. The van der Waals surface area contributed by atoms with Gasteiger partial charge in [0.2, 0.25) is 0 Å². The first-order valence-electron chi connectivity index (χ1n) is 20.8. The second kappa shape index (κ2) is 15.4. The number of carbonyl (C=O) groups is 4. The number of esters is 1. The van der Waals surface area contributed by atoms with Crippen molar-refractivity contribution in [2.45, 2.75) is 111 Å². The fraction of sp³-hybridized carbons (Fsp3) is 0.468. The molecule has 3 N–H and O–H groups in total. The van der Waals surface area contributed by atoms with Crippen LogP contribution in [0, 0.1) is 31.1 Å². The molecule has 4 aromatic rings. The third-order valence-corrected chi connectivity index (χ3v) is 13.7. The van der Waals surface area contributed by atoms with Crippen LogP contribution in [0.3, 0.4) is 0 Å². The monoisotopic (exact) mass is 818 g/mol. The standard InChI is InChI=1S/C47H54N4O7S/c1-8-46-20-29-17-30(21-46)23-47(22-29,25-46)51-42(53)36-10-9-32(39(49-36)43(54)56-7)33-19-37-35(40-31(11-13-57-37)12-14-59-40)18-34(33)41(52)50-38-26(2)15-28(16-27(38)3)24-48-44(55)58-45(4,5)6/h9-10,12,14-16,18-19,29-30H,8,11,13,17,20-25H2,1-7H3,(H,48,55)(H,50,52)(H,51,53). The molecule has 4 aliphatic carbocycles. The third kappa shape index (κ3) is 8.08.